The Morgan fingerprint density at radius 3 is 2.94 bits per heavy atom. The van der Waals surface area contributed by atoms with Gasteiger partial charge in [-0.25, -0.2) is 4.98 Å². The number of nitrogens with one attached hydrogen (secondary N) is 2. The monoisotopic (exact) mass is 234 g/mol. The fourth-order valence-corrected chi connectivity index (χ4v) is 2.59. The molecule has 0 radical (unpaired) electrons. The Bertz CT molecular complexity index is 504. The van der Waals surface area contributed by atoms with Gasteiger partial charge in [-0.05, 0) is 30.7 Å². The molecule has 0 aromatic carbocycles. The van der Waals surface area contributed by atoms with Crippen molar-refractivity contribution in [2.45, 2.75) is 25.3 Å². The lowest BCUT2D eigenvalue weighted by Crippen LogP contribution is -2.27. The average Bonchev–Trinajstić information content (AvgIpc) is 2.70. The highest BCUT2D eigenvalue weighted by Gasteiger charge is 2.19. The van der Waals surface area contributed by atoms with Crippen LogP contribution in [0.25, 0.3) is 10.2 Å². The molecule has 84 valence electrons. The molecule has 1 aliphatic rings. The minimum Gasteiger partial charge on any atom is -0.367 e. The van der Waals surface area contributed by atoms with Crippen LogP contribution in [0.5, 0.6) is 0 Å². The molecule has 2 heterocycles. The van der Waals surface area contributed by atoms with Gasteiger partial charge in [-0.15, -0.1) is 11.3 Å². The SMILES string of the molecule is CNc1nc(NC2CCC2)c2ccsc2n1. The molecule has 4 nitrogen and oxygen atoms in total. The number of fused-ring (bicyclic) bond motifs is 1. The standard InChI is InChI=1S/C11H14N4S/c1-12-11-14-9(13-7-3-2-4-7)8-5-6-16-10(8)15-11/h5-7H,2-4H2,1H3,(H2,12,13,14,15). The van der Waals surface area contributed by atoms with Gasteiger partial charge < -0.3 is 10.6 Å². The number of aromatic nitrogens is 2. The average molecular weight is 234 g/mol. The Hall–Kier alpha value is -1.36. The van der Waals surface area contributed by atoms with Crippen molar-refractivity contribution in [3.63, 3.8) is 0 Å². The molecule has 0 atom stereocenters. The molecule has 1 aliphatic carbocycles. The number of anilines is 2. The first kappa shape index (κ1) is 9.84. The van der Waals surface area contributed by atoms with Gasteiger partial charge in [-0.2, -0.15) is 4.98 Å². The van der Waals surface area contributed by atoms with Crippen LogP contribution in [0.1, 0.15) is 19.3 Å². The largest absolute Gasteiger partial charge is 0.367 e. The zero-order valence-electron chi connectivity index (χ0n) is 9.16. The van der Waals surface area contributed by atoms with Crippen molar-refractivity contribution < 1.29 is 0 Å². The topological polar surface area (TPSA) is 49.8 Å². The van der Waals surface area contributed by atoms with Crippen molar-refractivity contribution in [3.05, 3.63) is 11.4 Å². The van der Waals surface area contributed by atoms with Crippen molar-refractivity contribution in [2.24, 2.45) is 0 Å². The number of nitrogens with zero attached hydrogens (tertiary/aromatic N) is 2. The summed E-state index contributed by atoms with van der Waals surface area (Å²) in [6.45, 7) is 0. The molecule has 0 aliphatic heterocycles. The van der Waals surface area contributed by atoms with Gasteiger partial charge >= 0.3 is 0 Å². The van der Waals surface area contributed by atoms with E-state index in [4.69, 9.17) is 0 Å². The Morgan fingerprint density at radius 2 is 2.25 bits per heavy atom. The lowest BCUT2D eigenvalue weighted by Gasteiger charge is -2.27. The van der Waals surface area contributed by atoms with E-state index in [1.807, 2.05) is 7.05 Å². The molecule has 0 bridgehead atoms. The molecule has 3 rings (SSSR count). The smallest absolute Gasteiger partial charge is 0.225 e. The number of rotatable bonds is 3. The molecule has 0 unspecified atom stereocenters. The third-order valence-electron chi connectivity index (χ3n) is 2.99. The number of thiophene rings is 1. The molecular formula is C11H14N4S. The van der Waals surface area contributed by atoms with E-state index >= 15 is 0 Å². The van der Waals surface area contributed by atoms with Crippen LogP contribution in [0.2, 0.25) is 0 Å². The second kappa shape index (κ2) is 3.90. The summed E-state index contributed by atoms with van der Waals surface area (Å²) >= 11 is 1.65. The van der Waals surface area contributed by atoms with E-state index in [9.17, 15) is 0 Å². The summed E-state index contributed by atoms with van der Waals surface area (Å²) < 4.78 is 0. The van der Waals surface area contributed by atoms with Crippen molar-refractivity contribution >= 4 is 33.3 Å². The van der Waals surface area contributed by atoms with Gasteiger partial charge in [0.15, 0.2) is 0 Å². The van der Waals surface area contributed by atoms with Gasteiger partial charge in [0.1, 0.15) is 10.6 Å². The van der Waals surface area contributed by atoms with Crippen molar-refractivity contribution in [2.75, 3.05) is 17.7 Å². The van der Waals surface area contributed by atoms with E-state index in [0.717, 1.165) is 16.0 Å². The molecule has 2 aromatic rings. The third-order valence-corrected chi connectivity index (χ3v) is 3.80. The Labute approximate surface area is 98.1 Å². The van der Waals surface area contributed by atoms with Crippen LogP contribution in [0.4, 0.5) is 11.8 Å². The zero-order chi connectivity index (χ0) is 11.0. The van der Waals surface area contributed by atoms with E-state index in [1.165, 1.54) is 19.3 Å². The highest BCUT2D eigenvalue weighted by Crippen LogP contribution is 2.29. The van der Waals surface area contributed by atoms with Crippen LogP contribution in [0.3, 0.4) is 0 Å². The highest BCUT2D eigenvalue weighted by molar-refractivity contribution is 7.16. The third kappa shape index (κ3) is 1.61. The van der Waals surface area contributed by atoms with Gasteiger partial charge in [0.25, 0.3) is 0 Å². The molecule has 5 heteroatoms. The van der Waals surface area contributed by atoms with Crippen molar-refractivity contribution in [1.82, 2.24) is 9.97 Å². The van der Waals surface area contributed by atoms with Crippen LogP contribution in [-0.2, 0) is 0 Å². The van der Waals surface area contributed by atoms with Gasteiger partial charge in [0.2, 0.25) is 5.95 Å². The Balaban J connectivity index is 2.01. The Morgan fingerprint density at radius 1 is 1.38 bits per heavy atom. The summed E-state index contributed by atoms with van der Waals surface area (Å²) in [5, 5.41) is 9.70. The fourth-order valence-electron chi connectivity index (χ4n) is 1.82. The molecule has 0 spiro atoms. The highest BCUT2D eigenvalue weighted by atomic mass is 32.1. The molecule has 2 aromatic heterocycles. The van der Waals surface area contributed by atoms with E-state index < -0.39 is 0 Å². The molecule has 1 fully saturated rings. The molecular weight excluding hydrogens is 220 g/mol. The van der Waals surface area contributed by atoms with Gasteiger partial charge in [-0.1, -0.05) is 0 Å². The Kier molecular flexibility index (Phi) is 2.40. The lowest BCUT2D eigenvalue weighted by molar-refractivity contribution is 0.445. The number of hydrogen-bond donors (Lipinski definition) is 2. The minimum atomic E-state index is 0.600. The van der Waals surface area contributed by atoms with Crippen LogP contribution >= 0.6 is 11.3 Å². The van der Waals surface area contributed by atoms with Gasteiger partial charge in [0, 0.05) is 13.1 Å². The van der Waals surface area contributed by atoms with E-state index in [2.05, 4.69) is 32.0 Å². The molecule has 0 amide bonds. The lowest BCUT2D eigenvalue weighted by atomic mass is 9.93. The first-order valence-corrected chi connectivity index (χ1v) is 6.44. The van der Waals surface area contributed by atoms with Crippen molar-refractivity contribution in [3.8, 4) is 0 Å². The van der Waals surface area contributed by atoms with Crippen LogP contribution < -0.4 is 10.6 Å². The minimum absolute atomic E-state index is 0.600. The predicted octanol–water partition coefficient (Wildman–Crippen LogP) is 2.70. The molecule has 2 N–H and O–H groups in total. The summed E-state index contributed by atoms with van der Waals surface area (Å²) in [7, 11) is 1.85. The van der Waals surface area contributed by atoms with Crippen LogP contribution in [0.15, 0.2) is 11.4 Å². The molecule has 0 saturated heterocycles. The maximum Gasteiger partial charge on any atom is 0.225 e. The fraction of sp³-hybridized carbons (Fsp3) is 0.455. The van der Waals surface area contributed by atoms with E-state index in [-0.39, 0.29) is 0 Å². The maximum atomic E-state index is 4.49. The first-order chi connectivity index (χ1) is 7.86. The first-order valence-electron chi connectivity index (χ1n) is 5.56. The predicted molar refractivity (Wildman–Crippen MR) is 68.2 cm³/mol. The summed E-state index contributed by atoms with van der Waals surface area (Å²) in [4.78, 5) is 9.95. The zero-order valence-corrected chi connectivity index (χ0v) is 9.97. The quantitative estimate of drug-likeness (QED) is 0.857. The van der Waals surface area contributed by atoms with E-state index in [1.54, 1.807) is 11.3 Å². The summed E-state index contributed by atoms with van der Waals surface area (Å²) in [6, 6.07) is 2.68. The second-order valence-corrected chi connectivity index (χ2v) is 4.95. The summed E-state index contributed by atoms with van der Waals surface area (Å²) in [6.07, 6.45) is 3.84. The van der Waals surface area contributed by atoms with Crippen molar-refractivity contribution in [1.29, 1.82) is 0 Å². The summed E-state index contributed by atoms with van der Waals surface area (Å²) in [5.41, 5.74) is 0. The van der Waals surface area contributed by atoms with E-state index in [0.29, 0.717) is 12.0 Å². The normalized spacial score (nSPS) is 16.1. The summed E-state index contributed by atoms with van der Waals surface area (Å²) in [5.74, 6) is 1.66. The maximum absolute atomic E-state index is 4.49. The van der Waals surface area contributed by atoms with Crippen LogP contribution in [-0.4, -0.2) is 23.1 Å². The second-order valence-electron chi connectivity index (χ2n) is 4.06. The molecule has 16 heavy (non-hydrogen) atoms. The molecule has 1 saturated carbocycles. The van der Waals surface area contributed by atoms with Gasteiger partial charge in [-0.3, -0.25) is 0 Å². The van der Waals surface area contributed by atoms with Crippen LogP contribution in [0, 0.1) is 0 Å². The van der Waals surface area contributed by atoms with Gasteiger partial charge in [0.05, 0.1) is 5.39 Å². The number of hydrogen-bond acceptors (Lipinski definition) is 5.